The molecule has 4 heteroatoms. The Hall–Kier alpha value is -1.13. The van der Waals surface area contributed by atoms with Gasteiger partial charge in [-0.2, -0.15) is 0 Å². The lowest BCUT2D eigenvalue weighted by molar-refractivity contribution is 0.203. The number of benzene rings is 1. The number of ether oxygens (including phenoxy) is 1. The zero-order chi connectivity index (χ0) is 12.7. The summed E-state index contributed by atoms with van der Waals surface area (Å²) in [6.07, 6.45) is 0. The van der Waals surface area contributed by atoms with E-state index in [-0.39, 0.29) is 0 Å². The van der Waals surface area contributed by atoms with Crippen molar-refractivity contribution in [2.75, 3.05) is 27.3 Å². The summed E-state index contributed by atoms with van der Waals surface area (Å²) >= 11 is 5.28. The number of nitrogens with one attached hydrogen (secondary N) is 1. The van der Waals surface area contributed by atoms with Crippen LogP contribution in [0.15, 0.2) is 24.3 Å². The molecule has 0 bridgehead atoms. The number of hydrogen-bond acceptors (Lipinski definition) is 2. The third-order valence-electron chi connectivity index (χ3n) is 2.43. The van der Waals surface area contributed by atoms with Crippen molar-refractivity contribution in [3.63, 3.8) is 0 Å². The van der Waals surface area contributed by atoms with Crippen LogP contribution >= 0.6 is 12.2 Å². The Balaban J connectivity index is 2.43. The van der Waals surface area contributed by atoms with Gasteiger partial charge in [-0.15, -0.1) is 0 Å². The SMILES string of the molecule is COCCNC(=S)N(C)Cc1cccc(C)c1. The maximum absolute atomic E-state index is 5.28. The maximum Gasteiger partial charge on any atom is 0.169 e. The van der Waals surface area contributed by atoms with Crippen LogP contribution < -0.4 is 5.32 Å². The first kappa shape index (κ1) is 13.9. The molecule has 0 spiro atoms. The fraction of sp³-hybridized carbons (Fsp3) is 0.462. The molecule has 3 nitrogen and oxygen atoms in total. The summed E-state index contributed by atoms with van der Waals surface area (Å²) in [5, 5.41) is 3.90. The number of nitrogens with zero attached hydrogens (tertiary/aromatic N) is 1. The lowest BCUT2D eigenvalue weighted by Crippen LogP contribution is -2.38. The standard InChI is InChI=1S/C13H20N2OS/c1-11-5-4-6-12(9-11)10-15(2)13(17)14-7-8-16-3/h4-6,9H,7-8,10H2,1-3H3,(H,14,17). The van der Waals surface area contributed by atoms with Crippen LogP contribution in [0.4, 0.5) is 0 Å². The summed E-state index contributed by atoms with van der Waals surface area (Å²) < 4.78 is 4.97. The topological polar surface area (TPSA) is 24.5 Å². The van der Waals surface area contributed by atoms with E-state index in [1.54, 1.807) is 7.11 Å². The van der Waals surface area contributed by atoms with Crippen molar-refractivity contribution in [3.8, 4) is 0 Å². The monoisotopic (exact) mass is 252 g/mol. The van der Waals surface area contributed by atoms with Crippen molar-refractivity contribution in [2.24, 2.45) is 0 Å². The summed E-state index contributed by atoms with van der Waals surface area (Å²) in [6, 6.07) is 8.45. The van der Waals surface area contributed by atoms with E-state index in [0.717, 1.165) is 18.2 Å². The predicted molar refractivity (Wildman–Crippen MR) is 75.1 cm³/mol. The highest BCUT2D eigenvalue weighted by atomic mass is 32.1. The molecule has 0 saturated heterocycles. The molecule has 0 fully saturated rings. The average molecular weight is 252 g/mol. The number of hydrogen-bond donors (Lipinski definition) is 1. The van der Waals surface area contributed by atoms with Gasteiger partial charge in [-0.1, -0.05) is 29.8 Å². The number of methoxy groups -OCH3 is 1. The largest absolute Gasteiger partial charge is 0.383 e. The fourth-order valence-corrected chi connectivity index (χ4v) is 1.72. The summed E-state index contributed by atoms with van der Waals surface area (Å²) in [6.45, 7) is 4.32. The van der Waals surface area contributed by atoms with Gasteiger partial charge in [-0.05, 0) is 24.7 Å². The van der Waals surface area contributed by atoms with Gasteiger partial charge in [-0.3, -0.25) is 0 Å². The Bertz CT molecular complexity index is 368. The number of rotatable bonds is 5. The van der Waals surface area contributed by atoms with Crippen LogP contribution in [0.5, 0.6) is 0 Å². The van der Waals surface area contributed by atoms with Crippen LogP contribution in [0.1, 0.15) is 11.1 Å². The van der Waals surface area contributed by atoms with Gasteiger partial charge in [0.2, 0.25) is 0 Å². The average Bonchev–Trinajstić information content (AvgIpc) is 2.29. The first-order valence-corrected chi connectivity index (χ1v) is 6.07. The second-order valence-electron chi connectivity index (χ2n) is 4.07. The zero-order valence-electron chi connectivity index (χ0n) is 10.7. The lowest BCUT2D eigenvalue weighted by atomic mass is 10.1. The zero-order valence-corrected chi connectivity index (χ0v) is 11.5. The van der Waals surface area contributed by atoms with Gasteiger partial charge in [0.15, 0.2) is 5.11 Å². The van der Waals surface area contributed by atoms with Crippen LogP contribution in [-0.2, 0) is 11.3 Å². The van der Waals surface area contributed by atoms with Gasteiger partial charge in [0.05, 0.1) is 6.61 Å². The van der Waals surface area contributed by atoms with E-state index in [4.69, 9.17) is 17.0 Å². The summed E-state index contributed by atoms with van der Waals surface area (Å²) in [5.41, 5.74) is 2.54. The Kier molecular flexibility index (Phi) is 5.94. The Morgan fingerprint density at radius 3 is 2.88 bits per heavy atom. The second kappa shape index (κ2) is 7.25. The van der Waals surface area contributed by atoms with E-state index in [2.05, 4.69) is 36.5 Å². The number of aryl methyl sites for hydroxylation is 1. The van der Waals surface area contributed by atoms with Crippen molar-refractivity contribution in [1.29, 1.82) is 0 Å². The van der Waals surface area contributed by atoms with Crippen molar-refractivity contribution < 1.29 is 4.74 Å². The summed E-state index contributed by atoms with van der Waals surface area (Å²) in [5.74, 6) is 0. The molecule has 0 aromatic heterocycles. The Labute approximate surface area is 109 Å². The molecule has 0 atom stereocenters. The number of thiocarbonyl (C=S) groups is 1. The van der Waals surface area contributed by atoms with Gasteiger partial charge in [0.1, 0.15) is 0 Å². The fourth-order valence-electron chi connectivity index (χ4n) is 1.55. The molecular formula is C13H20N2OS. The molecule has 0 amide bonds. The van der Waals surface area contributed by atoms with Crippen LogP contribution in [-0.4, -0.2) is 37.3 Å². The Morgan fingerprint density at radius 1 is 1.47 bits per heavy atom. The van der Waals surface area contributed by atoms with E-state index >= 15 is 0 Å². The first-order chi connectivity index (χ1) is 8.13. The predicted octanol–water partition coefficient (Wildman–Crippen LogP) is 1.95. The molecule has 1 aromatic carbocycles. The van der Waals surface area contributed by atoms with E-state index in [1.807, 2.05) is 11.9 Å². The highest BCUT2D eigenvalue weighted by molar-refractivity contribution is 7.80. The van der Waals surface area contributed by atoms with Crippen LogP contribution in [0, 0.1) is 6.92 Å². The third-order valence-corrected chi connectivity index (χ3v) is 2.89. The minimum absolute atomic E-state index is 0.665. The quantitative estimate of drug-likeness (QED) is 0.639. The van der Waals surface area contributed by atoms with Crippen molar-refractivity contribution >= 4 is 17.3 Å². The molecule has 0 heterocycles. The molecule has 0 radical (unpaired) electrons. The van der Waals surface area contributed by atoms with Gasteiger partial charge in [0, 0.05) is 27.2 Å². The molecule has 94 valence electrons. The summed E-state index contributed by atoms with van der Waals surface area (Å²) in [7, 11) is 3.67. The van der Waals surface area contributed by atoms with E-state index < -0.39 is 0 Å². The normalized spacial score (nSPS) is 10.1. The molecule has 0 aliphatic carbocycles. The summed E-state index contributed by atoms with van der Waals surface area (Å²) in [4.78, 5) is 2.03. The maximum atomic E-state index is 5.28. The molecule has 1 aromatic rings. The van der Waals surface area contributed by atoms with Crippen LogP contribution in [0.25, 0.3) is 0 Å². The van der Waals surface area contributed by atoms with Gasteiger partial charge < -0.3 is 15.0 Å². The lowest BCUT2D eigenvalue weighted by Gasteiger charge is -2.21. The molecule has 0 saturated carbocycles. The second-order valence-corrected chi connectivity index (χ2v) is 4.46. The highest BCUT2D eigenvalue weighted by Crippen LogP contribution is 2.06. The molecule has 17 heavy (non-hydrogen) atoms. The molecule has 0 aliphatic heterocycles. The van der Waals surface area contributed by atoms with E-state index in [0.29, 0.717) is 6.61 Å². The van der Waals surface area contributed by atoms with Crippen LogP contribution in [0.2, 0.25) is 0 Å². The van der Waals surface area contributed by atoms with Gasteiger partial charge >= 0.3 is 0 Å². The molecule has 0 aliphatic rings. The van der Waals surface area contributed by atoms with E-state index in [1.165, 1.54) is 11.1 Å². The molecule has 0 unspecified atom stereocenters. The molecule has 1 rings (SSSR count). The van der Waals surface area contributed by atoms with Crippen LogP contribution in [0.3, 0.4) is 0 Å². The highest BCUT2D eigenvalue weighted by Gasteiger charge is 2.04. The van der Waals surface area contributed by atoms with Gasteiger partial charge in [0.25, 0.3) is 0 Å². The van der Waals surface area contributed by atoms with Crippen molar-refractivity contribution in [3.05, 3.63) is 35.4 Å². The van der Waals surface area contributed by atoms with Crippen molar-refractivity contribution in [1.82, 2.24) is 10.2 Å². The smallest absolute Gasteiger partial charge is 0.169 e. The molecule has 1 N–H and O–H groups in total. The minimum Gasteiger partial charge on any atom is -0.383 e. The van der Waals surface area contributed by atoms with E-state index in [9.17, 15) is 0 Å². The van der Waals surface area contributed by atoms with Gasteiger partial charge in [-0.25, -0.2) is 0 Å². The third kappa shape index (κ3) is 5.15. The first-order valence-electron chi connectivity index (χ1n) is 5.67. The Morgan fingerprint density at radius 2 is 2.24 bits per heavy atom. The molecular weight excluding hydrogens is 232 g/mol. The van der Waals surface area contributed by atoms with Crippen molar-refractivity contribution in [2.45, 2.75) is 13.5 Å². The minimum atomic E-state index is 0.665.